The molecule has 0 saturated carbocycles. The summed E-state index contributed by atoms with van der Waals surface area (Å²) in [6.45, 7) is 1.21. The normalized spacial score (nSPS) is 17.8. The van der Waals surface area contributed by atoms with Gasteiger partial charge in [0.2, 0.25) is 11.8 Å². The van der Waals surface area contributed by atoms with E-state index in [1.807, 2.05) is 0 Å². The van der Waals surface area contributed by atoms with E-state index in [-0.39, 0.29) is 24.3 Å². The molecular weight excluding hydrogens is 280 g/mol. The third-order valence-electron chi connectivity index (χ3n) is 2.98. The summed E-state index contributed by atoms with van der Waals surface area (Å²) in [7, 11) is 0. The molecule has 1 atom stereocenters. The number of amides is 2. The molecule has 0 spiro atoms. The van der Waals surface area contributed by atoms with Gasteiger partial charge >= 0.3 is 0 Å². The van der Waals surface area contributed by atoms with Crippen LogP contribution in [0.4, 0.5) is 5.69 Å². The molecule has 0 bridgehead atoms. The fourth-order valence-electron chi connectivity index (χ4n) is 2.01. The van der Waals surface area contributed by atoms with Gasteiger partial charge in [0.05, 0.1) is 6.10 Å². The van der Waals surface area contributed by atoms with Crippen molar-refractivity contribution in [3.8, 4) is 0 Å². The number of benzene rings is 1. The van der Waals surface area contributed by atoms with Crippen LogP contribution < -0.4 is 10.6 Å². The van der Waals surface area contributed by atoms with Crippen molar-refractivity contribution in [2.45, 2.75) is 25.4 Å². The summed E-state index contributed by atoms with van der Waals surface area (Å²) in [5.41, 5.74) is 0.578. The van der Waals surface area contributed by atoms with Crippen LogP contribution in [0.25, 0.3) is 0 Å². The number of nitrogens with one attached hydrogen (secondary N) is 2. The lowest BCUT2D eigenvalue weighted by atomic mass is 10.2. The summed E-state index contributed by atoms with van der Waals surface area (Å²) in [6, 6.07) is 6.79. The lowest BCUT2D eigenvalue weighted by molar-refractivity contribution is -0.127. The van der Waals surface area contributed by atoms with Gasteiger partial charge in [0.25, 0.3) is 0 Å². The maximum absolute atomic E-state index is 11.7. The number of carbonyl (C=O) groups is 2. The van der Waals surface area contributed by atoms with Crippen LogP contribution >= 0.6 is 11.6 Å². The zero-order valence-corrected chi connectivity index (χ0v) is 11.8. The number of hydrogen-bond acceptors (Lipinski definition) is 3. The van der Waals surface area contributed by atoms with Crippen LogP contribution in [0.3, 0.4) is 0 Å². The van der Waals surface area contributed by atoms with Gasteiger partial charge in [-0.3, -0.25) is 9.59 Å². The average molecular weight is 297 g/mol. The molecule has 1 heterocycles. The van der Waals surface area contributed by atoms with Crippen molar-refractivity contribution in [2.75, 3.05) is 18.5 Å². The van der Waals surface area contributed by atoms with E-state index in [0.717, 1.165) is 19.4 Å². The molecule has 20 heavy (non-hydrogen) atoms. The minimum absolute atomic E-state index is 0.0786. The number of hydrogen-bond donors (Lipinski definition) is 2. The van der Waals surface area contributed by atoms with Gasteiger partial charge in [-0.1, -0.05) is 17.7 Å². The fourth-order valence-corrected chi connectivity index (χ4v) is 2.20. The maximum atomic E-state index is 11.7. The number of halogens is 1. The van der Waals surface area contributed by atoms with Crippen LogP contribution in [0.15, 0.2) is 24.3 Å². The van der Waals surface area contributed by atoms with E-state index in [4.69, 9.17) is 16.3 Å². The predicted octanol–water partition coefficient (Wildman–Crippen LogP) is 1.96. The van der Waals surface area contributed by atoms with Crippen LogP contribution in [0.5, 0.6) is 0 Å². The molecule has 0 aromatic heterocycles. The van der Waals surface area contributed by atoms with Crippen LogP contribution in [-0.2, 0) is 14.3 Å². The van der Waals surface area contributed by atoms with Crippen molar-refractivity contribution in [3.63, 3.8) is 0 Å². The summed E-state index contributed by atoms with van der Waals surface area (Å²) < 4.78 is 5.39. The van der Waals surface area contributed by atoms with Crippen molar-refractivity contribution in [3.05, 3.63) is 29.3 Å². The summed E-state index contributed by atoms with van der Waals surface area (Å²) in [4.78, 5) is 23.3. The van der Waals surface area contributed by atoms with Gasteiger partial charge in [-0.2, -0.15) is 0 Å². The Labute approximate surface area is 122 Å². The van der Waals surface area contributed by atoms with Crippen molar-refractivity contribution in [1.82, 2.24) is 5.32 Å². The monoisotopic (exact) mass is 296 g/mol. The third-order valence-corrected chi connectivity index (χ3v) is 3.22. The zero-order valence-electron chi connectivity index (χ0n) is 11.0. The van der Waals surface area contributed by atoms with Gasteiger partial charge in [0.1, 0.15) is 6.42 Å². The second-order valence-corrected chi connectivity index (χ2v) is 5.11. The fraction of sp³-hybridized carbons (Fsp3) is 0.429. The molecule has 108 valence electrons. The number of anilines is 1. The molecule has 1 unspecified atom stereocenters. The van der Waals surface area contributed by atoms with Gasteiger partial charge in [-0.05, 0) is 31.0 Å². The SMILES string of the molecule is O=C(CC(=O)Nc1cccc(Cl)c1)NCC1CCCO1. The first-order valence-corrected chi connectivity index (χ1v) is 6.95. The highest BCUT2D eigenvalue weighted by atomic mass is 35.5. The van der Waals surface area contributed by atoms with Crippen LogP contribution in [0.1, 0.15) is 19.3 Å². The molecule has 2 amide bonds. The molecule has 2 rings (SSSR count). The molecular formula is C14H17ClN2O3. The molecule has 1 aliphatic heterocycles. The van der Waals surface area contributed by atoms with Crippen molar-refractivity contribution < 1.29 is 14.3 Å². The Hall–Kier alpha value is -1.59. The first-order valence-electron chi connectivity index (χ1n) is 6.57. The first kappa shape index (κ1) is 14.8. The molecule has 6 heteroatoms. The minimum Gasteiger partial charge on any atom is -0.376 e. The number of ether oxygens (including phenoxy) is 1. The van der Waals surface area contributed by atoms with Crippen LogP contribution in [0, 0.1) is 0 Å². The van der Waals surface area contributed by atoms with E-state index in [0.29, 0.717) is 17.3 Å². The van der Waals surface area contributed by atoms with E-state index in [9.17, 15) is 9.59 Å². The van der Waals surface area contributed by atoms with Crippen molar-refractivity contribution >= 4 is 29.1 Å². The summed E-state index contributed by atoms with van der Waals surface area (Å²) >= 11 is 5.81. The molecule has 1 saturated heterocycles. The molecule has 1 fully saturated rings. The van der Waals surface area contributed by atoms with Crippen LogP contribution in [-0.4, -0.2) is 31.1 Å². The van der Waals surface area contributed by atoms with Gasteiger partial charge < -0.3 is 15.4 Å². The Morgan fingerprint density at radius 1 is 1.35 bits per heavy atom. The average Bonchev–Trinajstić information content (AvgIpc) is 2.89. The molecule has 1 aromatic rings. The molecule has 0 aliphatic carbocycles. The van der Waals surface area contributed by atoms with Gasteiger partial charge in [0, 0.05) is 23.9 Å². The Kier molecular flexibility index (Phi) is 5.38. The largest absolute Gasteiger partial charge is 0.376 e. The topological polar surface area (TPSA) is 67.4 Å². The molecule has 2 N–H and O–H groups in total. The Bertz CT molecular complexity index is 487. The molecule has 0 radical (unpaired) electrons. The van der Waals surface area contributed by atoms with Crippen molar-refractivity contribution in [1.29, 1.82) is 0 Å². The first-order chi connectivity index (χ1) is 9.63. The zero-order chi connectivity index (χ0) is 14.4. The quantitative estimate of drug-likeness (QED) is 0.816. The lowest BCUT2D eigenvalue weighted by Crippen LogP contribution is -2.34. The van der Waals surface area contributed by atoms with E-state index >= 15 is 0 Å². The second kappa shape index (κ2) is 7.26. The van der Waals surface area contributed by atoms with E-state index in [1.54, 1.807) is 24.3 Å². The number of carbonyl (C=O) groups excluding carboxylic acids is 2. The maximum Gasteiger partial charge on any atom is 0.233 e. The smallest absolute Gasteiger partial charge is 0.233 e. The highest BCUT2D eigenvalue weighted by Crippen LogP contribution is 2.15. The molecule has 1 aromatic carbocycles. The van der Waals surface area contributed by atoms with E-state index in [1.165, 1.54) is 0 Å². The van der Waals surface area contributed by atoms with E-state index < -0.39 is 0 Å². The van der Waals surface area contributed by atoms with Crippen LogP contribution in [0.2, 0.25) is 5.02 Å². The summed E-state index contributed by atoms with van der Waals surface area (Å²) in [5.74, 6) is -0.669. The minimum atomic E-state index is -0.364. The standard InChI is InChI=1S/C14H17ClN2O3/c15-10-3-1-4-11(7-10)17-14(19)8-13(18)16-9-12-5-2-6-20-12/h1,3-4,7,12H,2,5-6,8-9H2,(H,16,18)(H,17,19). The molecule has 1 aliphatic rings. The van der Waals surface area contributed by atoms with Gasteiger partial charge in [-0.25, -0.2) is 0 Å². The predicted molar refractivity (Wildman–Crippen MR) is 76.7 cm³/mol. The summed E-state index contributed by atoms with van der Waals surface area (Å²) in [6.07, 6.45) is 1.85. The number of rotatable bonds is 5. The highest BCUT2D eigenvalue weighted by Gasteiger charge is 2.17. The Balaban J connectivity index is 1.71. The molecule has 5 nitrogen and oxygen atoms in total. The Morgan fingerprint density at radius 2 is 2.20 bits per heavy atom. The van der Waals surface area contributed by atoms with Crippen molar-refractivity contribution in [2.24, 2.45) is 0 Å². The summed E-state index contributed by atoms with van der Waals surface area (Å²) in [5, 5.41) is 5.86. The second-order valence-electron chi connectivity index (χ2n) is 4.67. The van der Waals surface area contributed by atoms with Gasteiger partial charge in [-0.15, -0.1) is 0 Å². The highest BCUT2D eigenvalue weighted by molar-refractivity contribution is 6.30. The van der Waals surface area contributed by atoms with Gasteiger partial charge in [0.15, 0.2) is 0 Å². The van der Waals surface area contributed by atoms with E-state index in [2.05, 4.69) is 10.6 Å². The lowest BCUT2D eigenvalue weighted by Gasteiger charge is -2.10. The Morgan fingerprint density at radius 3 is 2.90 bits per heavy atom. The third kappa shape index (κ3) is 4.83.